The zero-order valence-corrected chi connectivity index (χ0v) is 14.2. The number of halogens is 1. The van der Waals surface area contributed by atoms with E-state index in [9.17, 15) is 8.42 Å². The molecule has 2 aromatic heterocycles. The van der Waals surface area contributed by atoms with E-state index in [1.165, 1.54) is 16.6 Å². The number of rotatable bonds is 4. The fraction of sp³-hybridized carbons (Fsp3) is 0.417. The molecule has 0 atom stereocenters. The molecule has 0 saturated carbocycles. The second-order valence-corrected chi connectivity index (χ2v) is 7.98. The summed E-state index contributed by atoms with van der Waals surface area (Å²) in [7, 11) is -3.44. The SMILES string of the molecule is N#Cc1c(Cl)nsc1N1CCN(S(=O)(=O)Cc2ccon2)CC1. The zero-order chi connectivity index (χ0) is 16.4. The lowest BCUT2D eigenvalue weighted by Gasteiger charge is -2.34. The largest absolute Gasteiger partial charge is 0.364 e. The summed E-state index contributed by atoms with van der Waals surface area (Å²) in [5, 5.41) is 13.6. The predicted octanol–water partition coefficient (Wildman–Crippen LogP) is 1.31. The highest BCUT2D eigenvalue weighted by Gasteiger charge is 2.29. The Morgan fingerprint density at radius 1 is 1.39 bits per heavy atom. The Kier molecular flexibility index (Phi) is 4.54. The molecule has 0 spiro atoms. The minimum Gasteiger partial charge on any atom is -0.364 e. The summed E-state index contributed by atoms with van der Waals surface area (Å²) in [4.78, 5) is 1.93. The first-order valence-corrected chi connectivity index (χ1v) is 9.44. The number of hydrogen-bond donors (Lipinski definition) is 0. The highest BCUT2D eigenvalue weighted by Crippen LogP contribution is 2.32. The van der Waals surface area contributed by atoms with Gasteiger partial charge in [0.05, 0.1) is 5.69 Å². The van der Waals surface area contributed by atoms with Crippen molar-refractivity contribution in [1.82, 2.24) is 13.8 Å². The standard InChI is InChI=1S/C12H12ClN5O3S2/c13-11-10(7-14)12(22-16-11)17-2-4-18(5-3-17)23(19,20)8-9-1-6-21-15-9/h1,6H,2-5,8H2. The summed E-state index contributed by atoms with van der Waals surface area (Å²) >= 11 is 7.02. The van der Waals surface area contributed by atoms with Crippen LogP contribution in [0.2, 0.25) is 5.15 Å². The van der Waals surface area contributed by atoms with Gasteiger partial charge in [-0.2, -0.15) is 13.9 Å². The quantitative estimate of drug-likeness (QED) is 0.795. The third kappa shape index (κ3) is 3.32. The number of nitriles is 1. The van der Waals surface area contributed by atoms with Gasteiger partial charge < -0.3 is 9.42 Å². The van der Waals surface area contributed by atoms with E-state index in [2.05, 4.69) is 14.1 Å². The molecule has 3 rings (SSSR count). The highest BCUT2D eigenvalue weighted by molar-refractivity contribution is 7.88. The van der Waals surface area contributed by atoms with Gasteiger partial charge in [-0.15, -0.1) is 0 Å². The van der Waals surface area contributed by atoms with E-state index < -0.39 is 10.0 Å². The normalized spacial score (nSPS) is 16.4. The van der Waals surface area contributed by atoms with Crippen LogP contribution in [0.25, 0.3) is 0 Å². The smallest absolute Gasteiger partial charge is 0.220 e. The molecule has 3 heterocycles. The van der Waals surface area contributed by atoms with Gasteiger partial charge in [0.1, 0.15) is 28.6 Å². The second kappa shape index (κ2) is 6.45. The Balaban J connectivity index is 1.67. The molecule has 1 fully saturated rings. The first-order valence-electron chi connectivity index (χ1n) is 6.68. The molecule has 1 saturated heterocycles. The van der Waals surface area contributed by atoms with Crippen LogP contribution in [0.1, 0.15) is 11.3 Å². The maximum atomic E-state index is 12.4. The molecule has 8 nitrogen and oxygen atoms in total. The van der Waals surface area contributed by atoms with E-state index >= 15 is 0 Å². The Morgan fingerprint density at radius 2 is 2.13 bits per heavy atom. The fourth-order valence-corrected chi connectivity index (χ4v) is 4.84. The van der Waals surface area contributed by atoms with Crippen molar-refractivity contribution >= 4 is 38.2 Å². The third-order valence-corrected chi connectivity index (χ3v) is 6.58. The van der Waals surface area contributed by atoms with Crippen LogP contribution in [0, 0.1) is 11.3 Å². The van der Waals surface area contributed by atoms with Crippen LogP contribution >= 0.6 is 23.1 Å². The molecule has 0 aliphatic carbocycles. The van der Waals surface area contributed by atoms with Gasteiger partial charge in [-0.05, 0) is 11.5 Å². The van der Waals surface area contributed by atoms with E-state index in [1.54, 1.807) is 0 Å². The van der Waals surface area contributed by atoms with Crippen molar-refractivity contribution in [3.8, 4) is 6.07 Å². The zero-order valence-electron chi connectivity index (χ0n) is 11.8. The Bertz CT molecular complexity index is 819. The van der Waals surface area contributed by atoms with E-state index in [-0.39, 0.29) is 10.9 Å². The number of anilines is 1. The summed E-state index contributed by atoms with van der Waals surface area (Å²) in [5.74, 6) is -0.181. The summed E-state index contributed by atoms with van der Waals surface area (Å²) in [5.41, 5.74) is 0.726. The molecule has 0 amide bonds. The average Bonchev–Trinajstić information content (AvgIpc) is 3.16. The Morgan fingerprint density at radius 3 is 2.74 bits per heavy atom. The highest BCUT2D eigenvalue weighted by atomic mass is 35.5. The molecule has 0 aromatic carbocycles. The number of piperazine rings is 1. The summed E-state index contributed by atoms with van der Waals surface area (Å²) in [6.45, 7) is 1.62. The minimum atomic E-state index is -3.44. The molecule has 23 heavy (non-hydrogen) atoms. The van der Waals surface area contributed by atoms with Gasteiger partial charge in [-0.25, -0.2) is 8.42 Å². The van der Waals surface area contributed by atoms with Crippen molar-refractivity contribution in [2.45, 2.75) is 5.75 Å². The van der Waals surface area contributed by atoms with Crippen LogP contribution in [0.4, 0.5) is 5.00 Å². The number of nitrogens with zero attached hydrogens (tertiary/aromatic N) is 5. The molecule has 1 aliphatic heterocycles. The number of aromatic nitrogens is 2. The topological polar surface area (TPSA) is 103 Å². The van der Waals surface area contributed by atoms with Gasteiger partial charge in [0.25, 0.3) is 0 Å². The van der Waals surface area contributed by atoms with Crippen molar-refractivity contribution < 1.29 is 12.9 Å². The summed E-state index contributed by atoms with van der Waals surface area (Å²) in [6.07, 6.45) is 1.35. The maximum absolute atomic E-state index is 12.4. The van der Waals surface area contributed by atoms with Gasteiger partial charge in [0.2, 0.25) is 10.0 Å². The first-order chi connectivity index (χ1) is 11.0. The van der Waals surface area contributed by atoms with Gasteiger partial charge in [0, 0.05) is 32.2 Å². The van der Waals surface area contributed by atoms with Crippen molar-refractivity contribution in [2.75, 3.05) is 31.1 Å². The van der Waals surface area contributed by atoms with Crippen LogP contribution in [0.3, 0.4) is 0 Å². The molecule has 0 bridgehead atoms. The molecule has 122 valence electrons. The first kappa shape index (κ1) is 16.2. The van der Waals surface area contributed by atoms with Gasteiger partial charge in [0.15, 0.2) is 5.15 Å². The lowest BCUT2D eigenvalue weighted by atomic mass is 10.3. The lowest BCUT2D eigenvalue weighted by molar-refractivity contribution is 0.382. The molecule has 0 radical (unpaired) electrons. The van der Waals surface area contributed by atoms with Crippen LogP contribution < -0.4 is 4.90 Å². The summed E-state index contributed by atoms with van der Waals surface area (Å²) < 4.78 is 34.8. The Hall–Kier alpha value is -1.67. The summed E-state index contributed by atoms with van der Waals surface area (Å²) in [6, 6.07) is 3.57. The number of sulfonamides is 1. The van der Waals surface area contributed by atoms with Gasteiger partial charge in [-0.1, -0.05) is 16.8 Å². The molecule has 11 heteroatoms. The maximum Gasteiger partial charge on any atom is 0.220 e. The van der Waals surface area contributed by atoms with Gasteiger partial charge >= 0.3 is 0 Å². The lowest BCUT2D eigenvalue weighted by Crippen LogP contribution is -2.49. The van der Waals surface area contributed by atoms with E-state index in [4.69, 9.17) is 16.9 Å². The van der Waals surface area contributed by atoms with Crippen LogP contribution in [-0.4, -0.2) is 48.4 Å². The van der Waals surface area contributed by atoms with Crippen LogP contribution in [-0.2, 0) is 15.8 Å². The molecular weight excluding hydrogens is 362 g/mol. The fourth-order valence-electron chi connectivity index (χ4n) is 2.33. The van der Waals surface area contributed by atoms with E-state index in [0.29, 0.717) is 42.4 Å². The third-order valence-electron chi connectivity index (χ3n) is 3.48. The molecule has 0 unspecified atom stereocenters. The Labute approximate surface area is 142 Å². The molecule has 0 N–H and O–H groups in total. The second-order valence-electron chi connectivity index (χ2n) is 4.90. The molecular formula is C12H12ClN5O3S2. The number of hydrogen-bond acceptors (Lipinski definition) is 8. The molecule has 1 aliphatic rings. The average molecular weight is 374 g/mol. The van der Waals surface area contributed by atoms with Crippen molar-refractivity contribution in [2.24, 2.45) is 0 Å². The van der Waals surface area contributed by atoms with Crippen LogP contribution in [0.15, 0.2) is 16.9 Å². The molecule has 2 aromatic rings. The van der Waals surface area contributed by atoms with Crippen molar-refractivity contribution in [1.29, 1.82) is 5.26 Å². The monoisotopic (exact) mass is 373 g/mol. The van der Waals surface area contributed by atoms with Crippen molar-refractivity contribution in [3.63, 3.8) is 0 Å². The van der Waals surface area contributed by atoms with Crippen LogP contribution in [0.5, 0.6) is 0 Å². The van der Waals surface area contributed by atoms with E-state index in [1.807, 2.05) is 11.0 Å². The van der Waals surface area contributed by atoms with Gasteiger partial charge in [-0.3, -0.25) is 0 Å². The van der Waals surface area contributed by atoms with E-state index in [0.717, 1.165) is 11.5 Å². The minimum absolute atomic E-state index is 0.181. The predicted molar refractivity (Wildman–Crippen MR) is 84.8 cm³/mol. The van der Waals surface area contributed by atoms with Crippen molar-refractivity contribution in [3.05, 3.63) is 28.7 Å².